The summed E-state index contributed by atoms with van der Waals surface area (Å²) >= 11 is 0. The van der Waals surface area contributed by atoms with Gasteiger partial charge in [0.15, 0.2) is 0 Å². The molecule has 5 heteroatoms. The molecule has 0 bridgehead atoms. The van der Waals surface area contributed by atoms with Crippen LogP contribution in [0.1, 0.15) is 40.5 Å². The van der Waals surface area contributed by atoms with Crippen molar-refractivity contribution in [2.45, 2.75) is 52.8 Å². The molecule has 2 atom stereocenters. The van der Waals surface area contributed by atoms with Crippen LogP contribution >= 0.6 is 0 Å². The van der Waals surface area contributed by atoms with E-state index in [1.165, 1.54) is 0 Å². The summed E-state index contributed by atoms with van der Waals surface area (Å²) in [6.07, 6.45) is -4.09. The smallest absolute Gasteiger partial charge is 0.340 e. The second kappa shape index (κ2) is 4.50. The van der Waals surface area contributed by atoms with Crippen LogP contribution in [0.15, 0.2) is 0 Å². The van der Waals surface area contributed by atoms with Crippen molar-refractivity contribution in [1.29, 1.82) is 0 Å². The largest absolute Gasteiger partial charge is 0.391 e. The summed E-state index contributed by atoms with van der Waals surface area (Å²) in [4.78, 5) is 13.6. The molecule has 0 aromatic rings. The van der Waals surface area contributed by atoms with Crippen molar-refractivity contribution in [2.75, 3.05) is 6.54 Å². The average Bonchev–Trinajstić information content (AvgIpc) is 2.13. The Morgan fingerprint density at radius 2 is 1.76 bits per heavy atom. The zero-order chi connectivity index (χ0) is 13.4. The third kappa shape index (κ3) is 3.36. The highest BCUT2D eigenvalue weighted by atomic mass is 19.4. The van der Waals surface area contributed by atoms with E-state index in [0.29, 0.717) is 0 Å². The van der Waals surface area contributed by atoms with E-state index in [-0.39, 0.29) is 31.3 Å². The maximum Gasteiger partial charge on any atom is 0.391 e. The lowest BCUT2D eigenvalue weighted by Gasteiger charge is -2.41. The maximum absolute atomic E-state index is 12.6. The molecule has 1 amide bonds. The molecule has 100 valence electrons. The Labute approximate surface area is 100 Å². The lowest BCUT2D eigenvalue weighted by Crippen LogP contribution is -2.50. The van der Waals surface area contributed by atoms with E-state index in [0.717, 1.165) is 0 Å². The van der Waals surface area contributed by atoms with Gasteiger partial charge in [-0.3, -0.25) is 4.79 Å². The Morgan fingerprint density at radius 3 is 2.12 bits per heavy atom. The summed E-state index contributed by atoms with van der Waals surface area (Å²) in [5.74, 6) is -1.33. The number of halogens is 3. The fourth-order valence-electron chi connectivity index (χ4n) is 2.20. The zero-order valence-electron chi connectivity index (χ0n) is 10.8. The van der Waals surface area contributed by atoms with Gasteiger partial charge >= 0.3 is 6.18 Å². The van der Waals surface area contributed by atoms with Crippen LogP contribution in [0.4, 0.5) is 13.2 Å². The van der Waals surface area contributed by atoms with Crippen molar-refractivity contribution in [2.24, 2.45) is 11.3 Å². The molecule has 1 aliphatic rings. The molecule has 0 spiro atoms. The molecule has 0 radical (unpaired) electrons. The van der Waals surface area contributed by atoms with Crippen molar-refractivity contribution in [3.63, 3.8) is 0 Å². The zero-order valence-corrected chi connectivity index (χ0v) is 10.8. The minimum Gasteiger partial charge on any atom is -0.340 e. The number of nitrogens with zero attached hydrogens (tertiary/aromatic N) is 1. The van der Waals surface area contributed by atoms with Gasteiger partial charge in [0.25, 0.3) is 0 Å². The van der Waals surface area contributed by atoms with Crippen molar-refractivity contribution in [3.05, 3.63) is 0 Å². The molecule has 1 heterocycles. The molecule has 1 aliphatic heterocycles. The molecular weight excluding hydrogens is 231 g/mol. The maximum atomic E-state index is 12.6. The molecule has 0 aliphatic carbocycles. The number of rotatable bonds is 0. The summed E-state index contributed by atoms with van der Waals surface area (Å²) in [7, 11) is 0. The van der Waals surface area contributed by atoms with Crippen molar-refractivity contribution < 1.29 is 18.0 Å². The van der Waals surface area contributed by atoms with Crippen LogP contribution in [0.5, 0.6) is 0 Å². The number of hydrogen-bond acceptors (Lipinski definition) is 1. The first-order chi connectivity index (χ1) is 7.53. The number of carbonyl (C=O) groups is 1. The SMILES string of the molecule is CC1CC(C(F)(F)F)CCN1C(=O)C(C)(C)C. The van der Waals surface area contributed by atoms with E-state index in [1.807, 2.05) is 0 Å². The molecule has 0 saturated carbocycles. The van der Waals surface area contributed by atoms with Gasteiger partial charge in [0.05, 0.1) is 5.92 Å². The number of carbonyl (C=O) groups excluding carboxylic acids is 1. The van der Waals surface area contributed by atoms with Crippen molar-refractivity contribution >= 4 is 5.91 Å². The Kier molecular flexibility index (Phi) is 3.79. The van der Waals surface area contributed by atoms with Gasteiger partial charge in [-0.05, 0) is 19.8 Å². The van der Waals surface area contributed by atoms with E-state index in [9.17, 15) is 18.0 Å². The van der Waals surface area contributed by atoms with Crippen molar-refractivity contribution in [3.8, 4) is 0 Å². The fraction of sp³-hybridized carbons (Fsp3) is 0.917. The molecule has 17 heavy (non-hydrogen) atoms. The number of amides is 1. The Morgan fingerprint density at radius 1 is 1.24 bits per heavy atom. The van der Waals surface area contributed by atoms with Gasteiger partial charge in [-0.15, -0.1) is 0 Å². The van der Waals surface area contributed by atoms with E-state index < -0.39 is 17.5 Å². The van der Waals surface area contributed by atoms with Gasteiger partial charge < -0.3 is 4.90 Å². The summed E-state index contributed by atoms with van der Waals surface area (Å²) in [6.45, 7) is 7.27. The van der Waals surface area contributed by atoms with Crippen LogP contribution in [0.3, 0.4) is 0 Å². The van der Waals surface area contributed by atoms with E-state index in [4.69, 9.17) is 0 Å². The molecule has 1 rings (SSSR count). The fourth-order valence-corrected chi connectivity index (χ4v) is 2.20. The first-order valence-electron chi connectivity index (χ1n) is 5.91. The number of piperidine rings is 1. The predicted molar refractivity (Wildman–Crippen MR) is 59.4 cm³/mol. The van der Waals surface area contributed by atoms with E-state index in [1.54, 1.807) is 32.6 Å². The van der Waals surface area contributed by atoms with Crippen molar-refractivity contribution in [1.82, 2.24) is 4.90 Å². The summed E-state index contributed by atoms with van der Waals surface area (Å²) < 4.78 is 37.7. The molecular formula is C12H20F3NO. The third-order valence-electron chi connectivity index (χ3n) is 3.24. The predicted octanol–water partition coefficient (Wildman–Crippen LogP) is 3.22. The Bertz CT molecular complexity index is 293. The van der Waals surface area contributed by atoms with Gasteiger partial charge in [0, 0.05) is 18.0 Å². The van der Waals surface area contributed by atoms with Gasteiger partial charge in [-0.25, -0.2) is 0 Å². The molecule has 2 nitrogen and oxygen atoms in total. The highest BCUT2D eigenvalue weighted by molar-refractivity contribution is 5.81. The van der Waals surface area contributed by atoms with E-state index >= 15 is 0 Å². The van der Waals surface area contributed by atoms with Crippen LogP contribution in [0.25, 0.3) is 0 Å². The van der Waals surface area contributed by atoms with Crippen LogP contribution < -0.4 is 0 Å². The summed E-state index contributed by atoms with van der Waals surface area (Å²) in [6, 6.07) is -0.331. The first-order valence-corrected chi connectivity index (χ1v) is 5.91. The lowest BCUT2D eigenvalue weighted by molar-refractivity contribution is -0.192. The second-order valence-corrected chi connectivity index (χ2v) is 5.86. The highest BCUT2D eigenvalue weighted by Crippen LogP contribution is 2.37. The Balaban J connectivity index is 2.70. The number of hydrogen-bond donors (Lipinski definition) is 0. The molecule has 0 aromatic heterocycles. The highest BCUT2D eigenvalue weighted by Gasteiger charge is 2.45. The van der Waals surface area contributed by atoms with Gasteiger partial charge in [-0.2, -0.15) is 13.2 Å². The molecule has 1 fully saturated rings. The van der Waals surface area contributed by atoms with Crippen LogP contribution in [-0.4, -0.2) is 29.6 Å². The lowest BCUT2D eigenvalue weighted by atomic mass is 9.87. The topological polar surface area (TPSA) is 20.3 Å². The first kappa shape index (κ1) is 14.3. The molecule has 0 aromatic carbocycles. The Hall–Kier alpha value is -0.740. The standard InChI is InChI=1S/C12H20F3NO/c1-8-7-9(12(13,14)15)5-6-16(8)10(17)11(2,3)4/h8-9H,5-7H2,1-4H3. The van der Waals surface area contributed by atoms with E-state index in [2.05, 4.69) is 0 Å². The van der Waals surface area contributed by atoms with Crippen LogP contribution in [0.2, 0.25) is 0 Å². The number of alkyl halides is 3. The van der Waals surface area contributed by atoms with Gasteiger partial charge in [0.2, 0.25) is 5.91 Å². The van der Waals surface area contributed by atoms with Crippen LogP contribution in [-0.2, 0) is 4.79 Å². The molecule has 0 N–H and O–H groups in total. The minimum absolute atomic E-state index is 0.0192. The third-order valence-corrected chi connectivity index (χ3v) is 3.24. The summed E-state index contributed by atoms with van der Waals surface area (Å²) in [5, 5.41) is 0. The normalized spacial score (nSPS) is 27.1. The number of likely N-dealkylation sites (tertiary alicyclic amines) is 1. The van der Waals surface area contributed by atoms with Gasteiger partial charge in [-0.1, -0.05) is 20.8 Å². The monoisotopic (exact) mass is 251 g/mol. The minimum atomic E-state index is -4.13. The summed E-state index contributed by atoms with van der Waals surface area (Å²) in [5.41, 5.74) is -0.528. The average molecular weight is 251 g/mol. The van der Waals surface area contributed by atoms with Gasteiger partial charge in [0.1, 0.15) is 0 Å². The quantitative estimate of drug-likeness (QED) is 0.647. The van der Waals surface area contributed by atoms with Crippen LogP contribution in [0, 0.1) is 11.3 Å². The molecule has 2 unspecified atom stereocenters. The second-order valence-electron chi connectivity index (χ2n) is 5.86. The molecule has 1 saturated heterocycles.